The molecule has 81 heavy (non-hydrogen) atoms. The molecule has 18 nitrogen and oxygen atoms in total. The van der Waals surface area contributed by atoms with E-state index in [9.17, 15) is 39.2 Å². The van der Waals surface area contributed by atoms with E-state index in [1.807, 2.05) is 60.7 Å². The number of carbonyl (C=O) groups is 5. The van der Waals surface area contributed by atoms with Crippen molar-refractivity contribution in [1.29, 1.82) is 0 Å². The number of nitrogens with zero attached hydrogens (tertiary/aromatic N) is 6. The molecule has 0 bridgehead atoms. The number of hydrogen-bond donors (Lipinski definition) is 4. The summed E-state index contributed by atoms with van der Waals surface area (Å²) in [6.07, 6.45) is 0.531. The molecular weight excluding hydrogens is 1190 g/mol. The number of nitrogen functional groups attached to an aromatic ring is 1. The van der Waals surface area contributed by atoms with Gasteiger partial charge in [-0.05, 0) is 91.0 Å². The molecule has 0 unspecified atom stereocenters. The molecule has 0 atom stereocenters. The molecule has 5 N–H and O–H groups in total. The van der Waals surface area contributed by atoms with E-state index in [-0.39, 0.29) is 39.9 Å². The number of halogens is 6. The predicted molar refractivity (Wildman–Crippen MR) is 314 cm³/mol. The van der Waals surface area contributed by atoms with Gasteiger partial charge < -0.3 is 20.9 Å². The van der Waals surface area contributed by atoms with Gasteiger partial charge in [-0.2, -0.15) is 0 Å². The minimum absolute atomic E-state index is 0.0228. The van der Waals surface area contributed by atoms with Gasteiger partial charge in [0.1, 0.15) is 23.2 Å². The Labute approximate surface area is 488 Å². The van der Waals surface area contributed by atoms with Gasteiger partial charge in [-0.1, -0.05) is 119 Å². The smallest absolute Gasteiger partial charge is 0.336 e. The zero-order valence-electron chi connectivity index (χ0n) is 40.8. The van der Waals surface area contributed by atoms with Crippen molar-refractivity contribution in [3.63, 3.8) is 0 Å². The molecule has 0 aliphatic carbocycles. The highest BCUT2D eigenvalue weighted by Crippen LogP contribution is 2.37. The van der Waals surface area contributed by atoms with Crippen LogP contribution in [0.3, 0.4) is 0 Å². The van der Waals surface area contributed by atoms with Gasteiger partial charge in [0.25, 0.3) is 17.5 Å². The van der Waals surface area contributed by atoms with E-state index in [1.165, 1.54) is 30.3 Å². The van der Waals surface area contributed by atoms with Crippen LogP contribution in [-0.2, 0) is 9.23 Å². The number of fused-ring (bicyclic) bond motifs is 11. The van der Waals surface area contributed by atoms with Crippen molar-refractivity contribution in [3.8, 4) is 34.2 Å². The summed E-state index contributed by atoms with van der Waals surface area (Å²) in [5, 5.41) is 30.1. The summed E-state index contributed by atoms with van der Waals surface area (Å²) >= 11 is 23.3. The lowest BCUT2D eigenvalue weighted by atomic mass is 10.1. The quantitative estimate of drug-likeness (QED) is 0.0410. The van der Waals surface area contributed by atoms with Gasteiger partial charge >= 0.3 is 11.9 Å². The van der Waals surface area contributed by atoms with Crippen LogP contribution in [0.1, 0.15) is 51.8 Å². The first-order valence-corrected chi connectivity index (χ1v) is 27.4. The molecule has 0 spiro atoms. The number of nitrogens with one attached hydrogen (secondary N) is 1. The van der Waals surface area contributed by atoms with E-state index in [2.05, 4.69) is 41.3 Å². The second-order valence-electron chi connectivity index (χ2n) is 16.8. The largest absolute Gasteiger partial charge is 0.478 e. The molecule has 3 aromatic heterocycles. The Hall–Kier alpha value is -8.79. The number of aromatic amines is 1. The number of carboxylic acids is 2. The van der Waals surface area contributed by atoms with E-state index in [4.69, 9.17) is 61.5 Å². The maximum atomic E-state index is 12.4. The molecule has 8 aromatic carbocycles. The molecule has 0 radical (unpaired) electrons. The average Bonchev–Trinajstić information content (AvgIpc) is 3.13. The molecule has 0 amide bonds. The van der Waals surface area contributed by atoms with Gasteiger partial charge in [-0.3, -0.25) is 33.6 Å². The third-order valence-corrected chi connectivity index (χ3v) is 12.7. The standard InChI is InChI=1S/C14H9ClN2O2.2C14H7ClN2O.C8H6O3.C6H5ClN2O2.Cl2OS/c15-8-5-6-11-12(7-8)17-13(16-11)9-3-1-2-4-10(9)14(18)19;15-8-5-6-12-11(7-8)16-13-9-3-1-2-4-10(9)14(18)17(12)13;15-8-5-6-11-12(7-8)17-13(16-11)9-3-1-2-4-10(9)14(17)18;9-5-6-3-1-2-4-7(6)8(10)11;7-4-1-2-5(8)6(3-4)9(10)11;1-4(2)3/h1-7H,(H,16,17)(H,18,19);2*1-7H;1-5H,(H,10,11);1-3H,8H2;. The van der Waals surface area contributed by atoms with Crippen molar-refractivity contribution >= 4 is 152 Å². The summed E-state index contributed by atoms with van der Waals surface area (Å²) in [7, 11) is 7.36. The van der Waals surface area contributed by atoms with Gasteiger partial charge in [0.05, 0.1) is 60.3 Å². The molecule has 2 aliphatic rings. The number of imidazole rings is 3. The van der Waals surface area contributed by atoms with E-state index in [0.717, 1.165) is 44.2 Å². The maximum Gasteiger partial charge on any atom is 0.336 e. The van der Waals surface area contributed by atoms with Crippen molar-refractivity contribution in [2.75, 3.05) is 5.73 Å². The molecule has 0 saturated carbocycles. The minimum Gasteiger partial charge on any atom is -0.478 e. The molecule has 406 valence electrons. The van der Waals surface area contributed by atoms with Crippen LogP contribution in [0.4, 0.5) is 11.4 Å². The zero-order valence-corrected chi connectivity index (χ0v) is 46.2. The topological polar surface area (TPSA) is 276 Å². The second kappa shape index (κ2) is 25.6. The van der Waals surface area contributed by atoms with Crippen LogP contribution in [0.25, 0.3) is 67.3 Å². The minimum atomic E-state index is -1.67. The van der Waals surface area contributed by atoms with Crippen LogP contribution in [0.15, 0.2) is 170 Å². The number of nitro benzene ring substituents is 1. The number of carboxylic acid groups (broad SMARTS) is 2. The highest BCUT2D eigenvalue weighted by Gasteiger charge is 2.31. The normalized spacial score (nSPS) is 11.2. The summed E-state index contributed by atoms with van der Waals surface area (Å²) in [5.74, 6) is -0.187. The Morgan fingerprint density at radius 3 is 1.58 bits per heavy atom. The van der Waals surface area contributed by atoms with Crippen molar-refractivity contribution in [3.05, 3.63) is 228 Å². The summed E-state index contributed by atoms with van der Waals surface area (Å²) in [6.45, 7) is 0. The van der Waals surface area contributed by atoms with E-state index >= 15 is 0 Å². The fraction of sp³-hybridized carbons (Fsp3) is 0. The van der Waals surface area contributed by atoms with Gasteiger partial charge in [0, 0.05) is 69.8 Å². The fourth-order valence-electron chi connectivity index (χ4n) is 8.30. The molecule has 2 aliphatic heterocycles. The Kier molecular flexibility index (Phi) is 18.4. The number of H-pyrrole nitrogens is 1. The van der Waals surface area contributed by atoms with Crippen LogP contribution >= 0.6 is 67.8 Å². The average molecular weight is 1220 g/mol. The van der Waals surface area contributed by atoms with Gasteiger partial charge in [0.15, 0.2) is 6.29 Å². The first-order chi connectivity index (χ1) is 38.8. The van der Waals surface area contributed by atoms with E-state index < -0.39 is 26.1 Å². The Morgan fingerprint density at radius 2 is 1.02 bits per heavy atom. The van der Waals surface area contributed by atoms with Gasteiger partial charge in [-0.25, -0.2) is 28.7 Å². The molecule has 0 fully saturated rings. The summed E-state index contributed by atoms with van der Waals surface area (Å²) < 4.78 is 12.4. The molecule has 5 heterocycles. The second-order valence-corrected chi connectivity index (χ2v) is 21.0. The number of rotatable bonds is 5. The lowest BCUT2D eigenvalue weighted by molar-refractivity contribution is -0.383. The van der Waals surface area contributed by atoms with Crippen molar-refractivity contribution in [2.24, 2.45) is 0 Å². The molecule has 25 heteroatoms. The van der Waals surface area contributed by atoms with Crippen LogP contribution < -0.4 is 5.73 Å². The molecular formula is C56H34Cl6N8O10S. The predicted octanol–water partition coefficient (Wildman–Crippen LogP) is 14.4. The van der Waals surface area contributed by atoms with Gasteiger partial charge in [0.2, 0.25) is 9.23 Å². The number of aromatic carboxylic acids is 2. The monoisotopic (exact) mass is 1220 g/mol. The highest BCUT2D eigenvalue weighted by atomic mass is 36.0. The lowest BCUT2D eigenvalue weighted by Crippen LogP contribution is -2.05. The maximum absolute atomic E-state index is 12.4. The van der Waals surface area contributed by atoms with Gasteiger partial charge in [-0.15, -0.1) is 0 Å². The molecule has 0 saturated heterocycles. The van der Waals surface area contributed by atoms with Crippen LogP contribution in [-0.4, -0.2) is 78.5 Å². The Bertz CT molecular complexity index is 4330. The molecule has 11 aromatic rings. The van der Waals surface area contributed by atoms with Crippen molar-refractivity contribution in [2.45, 2.75) is 0 Å². The van der Waals surface area contributed by atoms with E-state index in [1.54, 1.807) is 88.0 Å². The number of nitro groups is 1. The first-order valence-electron chi connectivity index (χ1n) is 23.1. The third-order valence-electron chi connectivity index (χ3n) is 11.8. The SMILES string of the molecule is Nc1ccc(Cl)cc1[N+](=O)[O-].O=C(O)c1ccccc1-c1nc2ccc(Cl)cc2[nH]1.O=C1c2ccccc2-c2nc3cc(Cl)ccc3n21.O=C1c2ccccc2-c2nc3ccc(Cl)cc3n21.O=Cc1ccccc1C(=O)O.O=S(Cl)Cl. The molecule has 13 rings (SSSR count). The number of nitrogens with two attached hydrogens (primary N) is 1. The number of aromatic nitrogens is 6. The third kappa shape index (κ3) is 13.1. The zero-order chi connectivity index (χ0) is 58.2. The number of hydrogen-bond acceptors (Lipinski definition) is 12. The highest BCUT2D eigenvalue weighted by molar-refractivity contribution is 8.26. The van der Waals surface area contributed by atoms with Crippen LogP contribution in [0.2, 0.25) is 20.1 Å². The number of anilines is 1. The number of carbonyl (C=O) groups excluding carboxylic acids is 3. The number of benzene rings is 8. The van der Waals surface area contributed by atoms with Crippen LogP contribution in [0, 0.1) is 10.1 Å². The fourth-order valence-corrected chi connectivity index (χ4v) is 8.97. The summed E-state index contributed by atoms with van der Waals surface area (Å²) in [5.41, 5.74) is 14.1. The van der Waals surface area contributed by atoms with E-state index in [0.29, 0.717) is 60.5 Å². The van der Waals surface area contributed by atoms with Crippen molar-refractivity contribution in [1.82, 2.24) is 29.1 Å². The van der Waals surface area contributed by atoms with Crippen LogP contribution in [0.5, 0.6) is 0 Å². The first kappa shape index (κ1) is 58.4. The Balaban J connectivity index is 0.000000133. The van der Waals surface area contributed by atoms with Crippen molar-refractivity contribution < 1.29 is 43.3 Å². The summed E-state index contributed by atoms with van der Waals surface area (Å²) in [6, 6.07) is 48.0. The lowest BCUT2D eigenvalue weighted by Gasteiger charge is -2.01. The summed E-state index contributed by atoms with van der Waals surface area (Å²) in [4.78, 5) is 82.7. The number of aldehydes is 1. The Morgan fingerprint density at radius 1 is 0.568 bits per heavy atom.